The van der Waals surface area contributed by atoms with Gasteiger partial charge < -0.3 is 15.8 Å². The molecule has 0 aromatic heterocycles. The molecule has 0 spiro atoms. The lowest BCUT2D eigenvalue weighted by molar-refractivity contribution is -0.130. The minimum atomic E-state index is -0.513. The van der Waals surface area contributed by atoms with Crippen molar-refractivity contribution in [2.24, 2.45) is 17.6 Å². The van der Waals surface area contributed by atoms with Crippen LogP contribution < -0.4 is 15.8 Å². The number of hydrogen-bond donors (Lipinski definition) is 2. The molecule has 6 heteroatoms. The molecule has 2 saturated carbocycles. The van der Waals surface area contributed by atoms with Crippen LogP contribution in [0.25, 0.3) is 0 Å². The van der Waals surface area contributed by atoms with E-state index in [2.05, 4.69) is 5.32 Å². The van der Waals surface area contributed by atoms with Crippen molar-refractivity contribution in [2.75, 3.05) is 0 Å². The Bertz CT molecular complexity index is 570. The number of benzene rings is 1. The van der Waals surface area contributed by atoms with E-state index in [0.717, 1.165) is 25.7 Å². The molecule has 3 atom stereocenters. The van der Waals surface area contributed by atoms with Gasteiger partial charge >= 0.3 is 0 Å². The molecule has 1 aromatic carbocycles. The number of para-hydroxylation sites is 1. The highest BCUT2D eigenvalue weighted by atomic mass is 35.5. The molecule has 140 valence electrons. The van der Waals surface area contributed by atoms with Gasteiger partial charge in [0.2, 0.25) is 0 Å². The van der Waals surface area contributed by atoms with Gasteiger partial charge in [0.05, 0.1) is 5.02 Å². The predicted molar refractivity (Wildman–Crippen MR) is 103 cm³/mol. The molecular weight excluding hydrogens is 359 g/mol. The first kappa shape index (κ1) is 20.3. The first-order valence-corrected chi connectivity index (χ1v) is 9.43. The Morgan fingerprint density at radius 1 is 1.32 bits per heavy atom. The van der Waals surface area contributed by atoms with Crippen LogP contribution in [0, 0.1) is 11.8 Å². The fraction of sp³-hybridized carbons (Fsp3) is 0.632. The summed E-state index contributed by atoms with van der Waals surface area (Å²) in [5.74, 6) is 1.55. The molecule has 0 saturated heterocycles. The van der Waals surface area contributed by atoms with Gasteiger partial charge in [-0.1, -0.05) is 37.1 Å². The number of hydrogen-bond acceptors (Lipinski definition) is 3. The number of amides is 1. The number of nitrogens with two attached hydrogens (primary N) is 1. The van der Waals surface area contributed by atoms with Crippen molar-refractivity contribution in [1.82, 2.24) is 5.32 Å². The van der Waals surface area contributed by atoms with Crippen molar-refractivity contribution in [1.29, 1.82) is 0 Å². The van der Waals surface area contributed by atoms with Gasteiger partial charge in [-0.25, -0.2) is 0 Å². The van der Waals surface area contributed by atoms with E-state index in [1.54, 1.807) is 12.1 Å². The van der Waals surface area contributed by atoms with Crippen molar-refractivity contribution in [2.45, 2.75) is 63.6 Å². The Morgan fingerprint density at radius 3 is 2.56 bits per heavy atom. The van der Waals surface area contributed by atoms with Crippen molar-refractivity contribution < 1.29 is 9.53 Å². The summed E-state index contributed by atoms with van der Waals surface area (Å²) >= 11 is 6.15. The topological polar surface area (TPSA) is 64.3 Å². The molecule has 3 unspecified atom stereocenters. The van der Waals surface area contributed by atoms with Gasteiger partial charge in [0.15, 0.2) is 6.10 Å². The third-order valence-electron chi connectivity index (χ3n) is 5.45. The minimum Gasteiger partial charge on any atom is -0.479 e. The number of ether oxygens (including phenoxy) is 1. The number of halogens is 2. The highest BCUT2D eigenvalue weighted by Crippen LogP contribution is 2.39. The van der Waals surface area contributed by atoms with Crippen LogP contribution in [-0.4, -0.2) is 24.1 Å². The molecule has 2 aliphatic rings. The third-order valence-corrected chi connectivity index (χ3v) is 5.77. The Balaban J connectivity index is 0.00000225. The lowest BCUT2D eigenvalue weighted by Crippen LogP contribution is -2.56. The number of rotatable bonds is 5. The Labute approximate surface area is 161 Å². The Morgan fingerprint density at radius 2 is 1.96 bits per heavy atom. The highest BCUT2D eigenvalue weighted by molar-refractivity contribution is 6.32. The van der Waals surface area contributed by atoms with E-state index in [-0.39, 0.29) is 30.4 Å². The maximum Gasteiger partial charge on any atom is 0.261 e. The van der Waals surface area contributed by atoms with Crippen LogP contribution in [0.3, 0.4) is 0 Å². The normalized spacial score (nSPS) is 29.2. The summed E-state index contributed by atoms with van der Waals surface area (Å²) in [5.41, 5.74) is 6.17. The summed E-state index contributed by atoms with van der Waals surface area (Å²) < 4.78 is 5.87. The first-order valence-electron chi connectivity index (χ1n) is 9.05. The maximum atomic E-state index is 12.8. The van der Waals surface area contributed by atoms with Crippen molar-refractivity contribution in [3.8, 4) is 5.75 Å². The van der Waals surface area contributed by atoms with E-state index < -0.39 is 6.10 Å². The molecule has 1 aromatic rings. The second-order valence-electron chi connectivity index (χ2n) is 7.16. The number of nitrogens with one attached hydrogen (secondary N) is 1. The van der Waals surface area contributed by atoms with Gasteiger partial charge in [0.1, 0.15) is 5.75 Å². The third kappa shape index (κ3) is 4.81. The van der Waals surface area contributed by atoms with E-state index >= 15 is 0 Å². The van der Waals surface area contributed by atoms with E-state index in [0.29, 0.717) is 29.0 Å². The second-order valence-corrected chi connectivity index (χ2v) is 7.57. The van der Waals surface area contributed by atoms with Gasteiger partial charge in [-0.05, 0) is 56.1 Å². The summed E-state index contributed by atoms with van der Waals surface area (Å²) in [6, 6.07) is 7.81. The van der Waals surface area contributed by atoms with E-state index in [9.17, 15) is 4.79 Å². The van der Waals surface area contributed by atoms with Crippen LogP contribution in [0.4, 0.5) is 0 Å². The molecule has 2 bridgehead atoms. The molecule has 1 amide bonds. The van der Waals surface area contributed by atoms with E-state index in [1.165, 1.54) is 6.42 Å². The van der Waals surface area contributed by atoms with Crippen molar-refractivity contribution >= 4 is 29.9 Å². The van der Waals surface area contributed by atoms with Gasteiger partial charge in [-0.2, -0.15) is 0 Å². The molecule has 3 N–H and O–H groups in total. The quantitative estimate of drug-likeness (QED) is 0.804. The fourth-order valence-corrected chi connectivity index (χ4v) is 4.48. The molecule has 2 fully saturated rings. The van der Waals surface area contributed by atoms with Crippen LogP contribution in [0.5, 0.6) is 5.75 Å². The zero-order chi connectivity index (χ0) is 17.1. The van der Waals surface area contributed by atoms with Crippen LogP contribution in [0.15, 0.2) is 24.3 Å². The van der Waals surface area contributed by atoms with Crippen LogP contribution in [0.2, 0.25) is 5.02 Å². The summed E-state index contributed by atoms with van der Waals surface area (Å²) in [7, 11) is 0. The maximum absolute atomic E-state index is 12.8. The molecule has 0 aliphatic heterocycles. The fourth-order valence-electron chi connectivity index (χ4n) is 4.30. The van der Waals surface area contributed by atoms with Crippen molar-refractivity contribution in [3.05, 3.63) is 29.3 Å². The average molecular weight is 387 g/mol. The van der Waals surface area contributed by atoms with Gasteiger partial charge in [0, 0.05) is 12.1 Å². The number of carbonyl (C=O) groups excluding carboxylic acids is 1. The molecule has 0 heterocycles. The Hall–Kier alpha value is -0.970. The van der Waals surface area contributed by atoms with Crippen LogP contribution in [-0.2, 0) is 4.79 Å². The average Bonchev–Trinajstić information content (AvgIpc) is 2.55. The number of carbonyl (C=O) groups is 1. The predicted octanol–water partition coefficient (Wildman–Crippen LogP) is 3.94. The summed E-state index contributed by atoms with van der Waals surface area (Å²) in [4.78, 5) is 12.8. The first-order chi connectivity index (χ1) is 11.6. The molecular formula is C19H28Cl2N2O2. The number of fused-ring (bicyclic) bond motifs is 2. The standard InChI is InChI=1S/C19H27ClN2O2.ClH/c1-2-16(24-17-9-4-3-8-15(17)20)19(23)22-18-12-6-5-7-13(18)11-14(21)10-12;/h3-4,8-9,12-14,16,18H,2,5-7,10-11,21H2,1H3,(H,22,23);1H. The smallest absolute Gasteiger partial charge is 0.261 e. The zero-order valence-electron chi connectivity index (χ0n) is 14.6. The van der Waals surface area contributed by atoms with E-state index in [4.69, 9.17) is 22.1 Å². The summed E-state index contributed by atoms with van der Waals surface area (Å²) in [6.07, 6.45) is 5.71. The second kappa shape index (κ2) is 9.11. The molecule has 25 heavy (non-hydrogen) atoms. The lowest BCUT2D eigenvalue weighted by atomic mass is 9.67. The molecule has 0 radical (unpaired) electrons. The molecule has 4 nitrogen and oxygen atoms in total. The summed E-state index contributed by atoms with van der Waals surface area (Å²) in [5, 5.41) is 3.80. The monoisotopic (exact) mass is 386 g/mol. The van der Waals surface area contributed by atoms with Crippen LogP contribution in [0.1, 0.15) is 45.4 Å². The molecule has 2 aliphatic carbocycles. The van der Waals surface area contributed by atoms with Gasteiger partial charge in [0.25, 0.3) is 5.91 Å². The zero-order valence-corrected chi connectivity index (χ0v) is 16.2. The van der Waals surface area contributed by atoms with Crippen LogP contribution >= 0.6 is 24.0 Å². The SMILES string of the molecule is CCC(Oc1ccccc1Cl)C(=O)NC1C2CCCC1CC(N)C2.Cl. The van der Waals surface area contributed by atoms with Gasteiger partial charge in [-0.3, -0.25) is 4.79 Å². The highest BCUT2D eigenvalue weighted by Gasteiger charge is 2.40. The van der Waals surface area contributed by atoms with Crippen molar-refractivity contribution in [3.63, 3.8) is 0 Å². The van der Waals surface area contributed by atoms with Gasteiger partial charge in [-0.15, -0.1) is 12.4 Å². The van der Waals surface area contributed by atoms with E-state index in [1.807, 2.05) is 19.1 Å². The molecule has 3 rings (SSSR count). The minimum absolute atomic E-state index is 0. The summed E-state index contributed by atoms with van der Waals surface area (Å²) in [6.45, 7) is 1.96. The Kier molecular flexibility index (Phi) is 7.41. The lowest BCUT2D eigenvalue weighted by Gasteiger charge is -2.45. The largest absolute Gasteiger partial charge is 0.479 e.